The van der Waals surface area contributed by atoms with Gasteiger partial charge in [0, 0.05) is 16.2 Å². The molecule has 0 atom stereocenters. The van der Waals surface area contributed by atoms with Crippen LogP contribution < -0.4 is 9.47 Å². The van der Waals surface area contributed by atoms with Crippen molar-refractivity contribution < 1.29 is 19.4 Å². The maximum absolute atomic E-state index is 10.7. The summed E-state index contributed by atoms with van der Waals surface area (Å²) in [6, 6.07) is 24.2. The molecule has 0 unspecified atom stereocenters. The van der Waals surface area contributed by atoms with Crippen molar-refractivity contribution in [2.45, 2.75) is 11.8 Å². The fraction of sp³-hybridized carbons (Fsp3) is 0.160. The number of thioether (sulfide) groups is 1. The van der Waals surface area contributed by atoms with Crippen molar-refractivity contribution in [3.63, 3.8) is 0 Å². The summed E-state index contributed by atoms with van der Waals surface area (Å²) in [6.07, 6.45) is 2.22. The Hall–Kier alpha value is -2.45. The molecule has 0 aromatic heterocycles. The van der Waals surface area contributed by atoms with Gasteiger partial charge in [0.05, 0.1) is 10.2 Å². The summed E-state index contributed by atoms with van der Waals surface area (Å²) in [5.41, 5.74) is 3.35. The molecular formula is C25H23IO4S. The van der Waals surface area contributed by atoms with Crippen LogP contribution in [0.2, 0.25) is 0 Å². The number of hydrogen-bond donors (Lipinski definition) is 1. The Labute approximate surface area is 200 Å². The third-order valence-corrected chi connectivity index (χ3v) is 6.12. The minimum Gasteiger partial charge on any atom is -0.493 e. The zero-order valence-electron chi connectivity index (χ0n) is 17.1. The molecule has 6 heteroatoms. The number of aliphatic carboxylic acids is 1. The first-order chi connectivity index (χ1) is 15.1. The molecule has 31 heavy (non-hydrogen) atoms. The molecule has 0 saturated carbocycles. The van der Waals surface area contributed by atoms with Crippen LogP contribution in [0.25, 0.3) is 5.57 Å². The normalized spacial score (nSPS) is 11.2. The van der Waals surface area contributed by atoms with Gasteiger partial charge in [0.1, 0.15) is 11.5 Å². The van der Waals surface area contributed by atoms with Crippen molar-refractivity contribution in [3.8, 4) is 11.5 Å². The van der Waals surface area contributed by atoms with E-state index in [2.05, 4.69) is 46.9 Å². The predicted molar refractivity (Wildman–Crippen MR) is 134 cm³/mol. The van der Waals surface area contributed by atoms with Crippen LogP contribution in [-0.2, 0) is 4.79 Å². The van der Waals surface area contributed by atoms with Gasteiger partial charge in [0.25, 0.3) is 0 Å². The van der Waals surface area contributed by atoms with Crippen molar-refractivity contribution in [2.75, 3.05) is 19.0 Å². The lowest BCUT2D eigenvalue weighted by Gasteiger charge is -2.14. The lowest BCUT2D eigenvalue weighted by molar-refractivity contribution is -0.139. The summed E-state index contributed by atoms with van der Waals surface area (Å²) in [5, 5.41) is 8.78. The van der Waals surface area contributed by atoms with Crippen molar-refractivity contribution in [2.24, 2.45) is 0 Å². The number of ether oxygens (including phenoxy) is 2. The first kappa shape index (κ1) is 23.2. The van der Waals surface area contributed by atoms with Crippen LogP contribution in [0.3, 0.4) is 0 Å². The number of halogens is 1. The maximum Gasteiger partial charge on any atom is 0.341 e. The minimum absolute atomic E-state index is 0.342. The van der Waals surface area contributed by atoms with E-state index in [-0.39, 0.29) is 6.61 Å². The van der Waals surface area contributed by atoms with Gasteiger partial charge >= 0.3 is 5.97 Å². The number of carboxylic acids is 1. The number of carbonyl (C=O) groups is 1. The standard InChI is InChI=1S/C25H23IO4S/c1-2-29-23-11-7-6-10-21(23)20(18-8-4-3-5-9-18)14-15-31-19-12-13-24(22(26)16-19)30-17-25(27)28/h3-14,16H,2,15,17H2,1H3,(H,27,28). The fourth-order valence-corrected chi connectivity index (χ4v) is 4.71. The highest BCUT2D eigenvalue weighted by molar-refractivity contribution is 14.1. The van der Waals surface area contributed by atoms with Crippen LogP contribution in [0.15, 0.2) is 83.8 Å². The molecule has 3 aromatic rings. The Morgan fingerprint density at radius 1 is 1.00 bits per heavy atom. The summed E-state index contributed by atoms with van der Waals surface area (Å²) in [5.74, 6) is 1.24. The van der Waals surface area contributed by atoms with Crippen LogP contribution in [0.5, 0.6) is 11.5 Å². The van der Waals surface area contributed by atoms with Gasteiger partial charge in [-0.1, -0.05) is 54.6 Å². The van der Waals surface area contributed by atoms with Crippen molar-refractivity contribution in [3.05, 3.63) is 93.6 Å². The number of para-hydroxylation sites is 1. The quantitative estimate of drug-likeness (QED) is 0.236. The number of carboxylic acid groups (broad SMARTS) is 1. The van der Waals surface area contributed by atoms with E-state index in [1.54, 1.807) is 11.8 Å². The van der Waals surface area contributed by atoms with Crippen LogP contribution in [0, 0.1) is 3.57 Å². The molecule has 0 bridgehead atoms. The van der Waals surface area contributed by atoms with Gasteiger partial charge in [-0.05, 0) is 64.9 Å². The molecule has 0 heterocycles. The monoisotopic (exact) mass is 546 g/mol. The second kappa shape index (κ2) is 11.8. The van der Waals surface area contributed by atoms with E-state index in [1.165, 1.54) is 0 Å². The van der Waals surface area contributed by atoms with Crippen molar-refractivity contribution in [1.29, 1.82) is 0 Å². The van der Waals surface area contributed by atoms with E-state index >= 15 is 0 Å². The number of benzene rings is 3. The van der Waals surface area contributed by atoms with Gasteiger partial charge in [-0.2, -0.15) is 0 Å². The van der Waals surface area contributed by atoms with E-state index in [0.29, 0.717) is 12.4 Å². The molecule has 3 rings (SSSR count). The molecule has 0 fully saturated rings. The lowest BCUT2D eigenvalue weighted by Crippen LogP contribution is -2.10. The Morgan fingerprint density at radius 3 is 2.45 bits per heavy atom. The average Bonchev–Trinajstić information content (AvgIpc) is 2.77. The highest BCUT2D eigenvalue weighted by Gasteiger charge is 2.11. The zero-order valence-corrected chi connectivity index (χ0v) is 20.1. The van der Waals surface area contributed by atoms with Crippen molar-refractivity contribution in [1.82, 2.24) is 0 Å². The largest absolute Gasteiger partial charge is 0.493 e. The minimum atomic E-state index is -0.986. The maximum atomic E-state index is 10.7. The summed E-state index contributed by atoms with van der Waals surface area (Å²) in [6.45, 7) is 2.26. The van der Waals surface area contributed by atoms with Gasteiger partial charge in [0.15, 0.2) is 6.61 Å². The lowest BCUT2D eigenvalue weighted by atomic mass is 9.97. The van der Waals surface area contributed by atoms with E-state index < -0.39 is 5.97 Å². The molecule has 160 valence electrons. The Bertz CT molecular complexity index is 1050. The Balaban J connectivity index is 1.81. The molecule has 0 spiro atoms. The fourth-order valence-electron chi connectivity index (χ4n) is 3.02. The van der Waals surface area contributed by atoms with Crippen LogP contribution in [0.4, 0.5) is 0 Å². The van der Waals surface area contributed by atoms with Crippen LogP contribution in [-0.4, -0.2) is 30.0 Å². The molecular weight excluding hydrogens is 523 g/mol. The zero-order chi connectivity index (χ0) is 22.1. The van der Waals surface area contributed by atoms with Gasteiger partial charge in [0.2, 0.25) is 0 Å². The molecule has 0 saturated heterocycles. The van der Waals surface area contributed by atoms with Gasteiger partial charge in [-0.15, -0.1) is 11.8 Å². The summed E-state index contributed by atoms with van der Waals surface area (Å²) in [7, 11) is 0. The third kappa shape index (κ3) is 6.77. The average molecular weight is 546 g/mol. The van der Waals surface area contributed by atoms with Crippen LogP contribution >= 0.6 is 34.4 Å². The first-order valence-electron chi connectivity index (χ1n) is 9.83. The van der Waals surface area contributed by atoms with E-state index in [1.807, 2.05) is 61.5 Å². The van der Waals surface area contributed by atoms with E-state index in [0.717, 1.165) is 36.7 Å². The number of hydrogen-bond acceptors (Lipinski definition) is 4. The molecule has 1 N–H and O–H groups in total. The smallest absolute Gasteiger partial charge is 0.341 e. The number of rotatable bonds is 10. The molecule has 0 aliphatic carbocycles. The molecule has 0 aliphatic rings. The third-order valence-electron chi connectivity index (χ3n) is 4.35. The van der Waals surface area contributed by atoms with E-state index in [4.69, 9.17) is 14.6 Å². The second-order valence-electron chi connectivity index (χ2n) is 6.50. The molecule has 3 aromatic carbocycles. The molecule has 0 aliphatic heterocycles. The summed E-state index contributed by atoms with van der Waals surface area (Å²) in [4.78, 5) is 11.8. The topological polar surface area (TPSA) is 55.8 Å². The van der Waals surface area contributed by atoms with Gasteiger partial charge in [-0.25, -0.2) is 4.79 Å². The second-order valence-corrected chi connectivity index (χ2v) is 8.75. The van der Waals surface area contributed by atoms with Gasteiger partial charge in [-0.3, -0.25) is 0 Å². The Kier molecular flexibility index (Phi) is 8.85. The predicted octanol–water partition coefficient (Wildman–Crippen LogP) is 6.38. The summed E-state index contributed by atoms with van der Waals surface area (Å²) < 4.78 is 12.1. The van der Waals surface area contributed by atoms with Crippen LogP contribution in [0.1, 0.15) is 18.1 Å². The molecule has 0 radical (unpaired) electrons. The summed E-state index contributed by atoms with van der Waals surface area (Å²) >= 11 is 3.88. The molecule has 4 nitrogen and oxygen atoms in total. The molecule has 0 amide bonds. The highest BCUT2D eigenvalue weighted by Crippen LogP contribution is 2.33. The Morgan fingerprint density at radius 2 is 1.74 bits per heavy atom. The first-order valence-corrected chi connectivity index (χ1v) is 11.9. The van der Waals surface area contributed by atoms with Gasteiger partial charge < -0.3 is 14.6 Å². The van der Waals surface area contributed by atoms with E-state index in [9.17, 15) is 4.79 Å². The van der Waals surface area contributed by atoms with Crippen molar-refractivity contribution >= 4 is 45.9 Å². The highest BCUT2D eigenvalue weighted by atomic mass is 127. The SMILES string of the molecule is CCOc1ccccc1C(=CCSc1ccc(OCC(=O)O)c(I)c1)c1ccccc1.